The summed E-state index contributed by atoms with van der Waals surface area (Å²) >= 11 is 0. The van der Waals surface area contributed by atoms with Gasteiger partial charge in [-0.15, -0.1) is 0 Å². The summed E-state index contributed by atoms with van der Waals surface area (Å²) in [6, 6.07) is 12.2. The van der Waals surface area contributed by atoms with Crippen LogP contribution in [0, 0.1) is 5.82 Å². The molecule has 0 saturated carbocycles. The lowest BCUT2D eigenvalue weighted by atomic mass is 10.1. The van der Waals surface area contributed by atoms with Crippen molar-refractivity contribution in [3.05, 3.63) is 65.6 Å². The zero-order valence-electron chi connectivity index (χ0n) is 16.7. The van der Waals surface area contributed by atoms with Gasteiger partial charge < -0.3 is 14.0 Å². The van der Waals surface area contributed by atoms with Gasteiger partial charge in [-0.3, -0.25) is 0 Å². The Morgan fingerprint density at radius 1 is 1.20 bits per heavy atom. The van der Waals surface area contributed by atoms with Gasteiger partial charge in [0.15, 0.2) is 6.23 Å². The van der Waals surface area contributed by atoms with Crippen molar-refractivity contribution >= 4 is 27.9 Å². The van der Waals surface area contributed by atoms with Crippen LogP contribution in [0.15, 0.2) is 48.7 Å². The van der Waals surface area contributed by atoms with Crippen LogP contribution in [0.25, 0.3) is 21.9 Å². The molecule has 4 aromatic rings. The molecule has 1 unspecified atom stereocenters. The van der Waals surface area contributed by atoms with E-state index < -0.39 is 0 Å². The Labute approximate surface area is 172 Å². The first kappa shape index (κ1) is 18.8. The summed E-state index contributed by atoms with van der Waals surface area (Å²) in [6.45, 7) is 1.29. The molecule has 3 heterocycles. The quantitative estimate of drug-likeness (QED) is 0.462. The fourth-order valence-corrected chi connectivity index (χ4v) is 4.23. The summed E-state index contributed by atoms with van der Waals surface area (Å²) < 4.78 is 28.8. The summed E-state index contributed by atoms with van der Waals surface area (Å²) in [5.41, 5.74) is 4.29. The number of ether oxygens (including phenoxy) is 2. The van der Waals surface area contributed by atoms with E-state index in [0.29, 0.717) is 18.7 Å². The number of halogens is 1. The van der Waals surface area contributed by atoms with Crippen LogP contribution in [0.1, 0.15) is 41.4 Å². The second-order valence-electron chi connectivity index (χ2n) is 7.58. The maximum atomic E-state index is 14.1. The van der Waals surface area contributed by atoms with Crippen LogP contribution < -0.4 is 0 Å². The summed E-state index contributed by atoms with van der Waals surface area (Å²) in [5, 5.41) is 5.42. The van der Waals surface area contributed by atoms with Gasteiger partial charge in [0.05, 0.1) is 35.4 Å². The lowest BCUT2D eigenvalue weighted by Crippen LogP contribution is -2.18. The molecule has 0 radical (unpaired) electrons. The van der Waals surface area contributed by atoms with Crippen molar-refractivity contribution in [1.29, 1.82) is 0 Å². The molecule has 5 rings (SSSR count). The number of carbonyl (C=O) groups is 1. The van der Waals surface area contributed by atoms with Gasteiger partial charge in [-0.2, -0.15) is 5.10 Å². The minimum absolute atomic E-state index is 0.127. The SMILES string of the molecule is COC(=O)c1ccc(Cn2c3ccc(F)cc3c3c2cnn3C2CCCCO2)cc1. The standard InChI is InChI=1S/C23H22FN3O3/c1-29-23(28)16-7-5-15(6-8-16)14-26-19-10-9-17(24)12-18(19)22-20(26)13-25-27(22)21-4-2-3-11-30-21/h5-10,12-13,21H,2-4,11,14H2,1H3. The van der Waals surface area contributed by atoms with Gasteiger partial charge in [-0.1, -0.05) is 12.1 Å². The number of benzene rings is 2. The average molecular weight is 407 g/mol. The van der Waals surface area contributed by atoms with E-state index >= 15 is 0 Å². The number of carbonyl (C=O) groups excluding carboxylic acids is 1. The predicted molar refractivity (Wildman–Crippen MR) is 111 cm³/mol. The molecule has 1 saturated heterocycles. The molecule has 6 nitrogen and oxygen atoms in total. The summed E-state index contributed by atoms with van der Waals surface area (Å²) in [4.78, 5) is 11.7. The van der Waals surface area contributed by atoms with Crippen LogP contribution in [0.3, 0.4) is 0 Å². The largest absolute Gasteiger partial charge is 0.465 e. The molecular weight excluding hydrogens is 385 g/mol. The second-order valence-corrected chi connectivity index (χ2v) is 7.58. The van der Waals surface area contributed by atoms with Gasteiger partial charge in [0.2, 0.25) is 0 Å². The Morgan fingerprint density at radius 2 is 2.03 bits per heavy atom. The topological polar surface area (TPSA) is 58.3 Å². The van der Waals surface area contributed by atoms with E-state index in [2.05, 4.69) is 9.67 Å². The molecule has 0 aliphatic carbocycles. The maximum Gasteiger partial charge on any atom is 0.337 e. The number of methoxy groups -OCH3 is 1. The molecule has 0 bridgehead atoms. The van der Waals surface area contributed by atoms with Crippen LogP contribution in [-0.2, 0) is 16.0 Å². The first-order chi connectivity index (χ1) is 14.7. The molecule has 1 aliphatic rings. The van der Waals surface area contributed by atoms with E-state index in [-0.39, 0.29) is 18.0 Å². The van der Waals surface area contributed by atoms with Gasteiger partial charge in [0, 0.05) is 18.5 Å². The zero-order chi connectivity index (χ0) is 20.7. The van der Waals surface area contributed by atoms with Crippen molar-refractivity contribution in [1.82, 2.24) is 14.3 Å². The monoisotopic (exact) mass is 407 g/mol. The molecule has 1 aliphatic heterocycles. The Bertz CT molecular complexity index is 1220. The molecule has 2 aromatic carbocycles. The van der Waals surface area contributed by atoms with E-state index in [9.17, 15) is 9.18 Å². The van der Waals surface area contributed by atoms with Gasteiger partial charge in [0.1, 0.15) is 5.82 Å². The van der Waals surface area contributed by atoms with Gasteiger partial charge in [-0.05, 0) is 55.2 Å². The fraction of sp³-hybridized carbons (Fsp3) is 0.304. The summed E-state index contributed by atoms with van der Waals surface area (Å²) in [6.07, 6.45) is 4.74. The summed E-state index contributed by atoms with van der Waals surface area (Å²) in [5.74, 6) is -0.638. The Kier molecular flexibility index (Phi) is 4.75. The molecule has 1 fully saturated rings. The third-order valence-electron chi connectivity index (χ3n) is 5.72. The van der Waals surface area contributed by atoms with Crippen LogP contribution in [0.4, 0.5) is 4.39 Å². The lowest BCUT2D eigenvalue weighted by molar-refractivity contribution is -0.0365. The van der Waals surface area contributed by atoms with Crippen molar-refractivity contribution in [2.75, 3.05) is 13.7 Å². The van der Waals surface area contributed by atoms with Gasteiger partial charge >= 0.3 is 5.97 Å². The minimum atomic E-state index is -0.361. The smallest absolute Gasteiger partial charge is 0.337 e. The van der Waals surface area contributed by atoms with Crippen LogP contribution >= 0.6 is 0 Å². The highest BCUT2D eigenvalue weighted by molar-refractivity contribution is 6.06. The second kappa shape index (κ2) is 7.57. The Morgan fingerprint density at radius 3 is 2.77 bits per heavy atom. The molecule has 7 heteroatoms. The molecule has 2 aromatic heterocycles. The first-order valence-electron chi connectivity index (χ1n) is 10.1. The van der Waals surface area contributed by atoms with Crippen molar-refractivity contribution in [2.45, 2.75) is 32.0 Å². The number of aromatic nitrogens is 3. The van der Waals surface area contributed by atoms with E-state index in [1.807, 2.05) is 23.0 Å². The van der Waals surface area contributed by atoms with E-state index in [1.54, 1.807) is 24.3 Å². The van der Waals surface area contributed by atoms with Crippen molar-refractivity contribution < 1.29 is 18.7 Å². The van der Waals surface area contributed by atoms with Crippen LogP contribution in [-0.4, -0.2) is 34.0 Å². The first-order valence-corrected chi connectivity index (χ1v) is 10.1. The number of rotatable bonds is 4. The summed E-state index contributed by atoms with van der Waals surface area (Å²) in [7, 11) is 1.37. The van der Waals surface area contributed by atoms with Crippen molar-refractivity contribution in [2.24, 2.45) is 0 Å². The third-order valence-corrected chi connectivity index (χ3v) is 5.72. The molecule has 0 spiro atoms. The number of fused-ring (bicyclic) bond motifs is 3. The van der Waals surface area contributed by atoms with Crippen molar-refractivity contribution in [3.8, 4) is 0 Å². The minimum Gasteiger partial charge on any atom is -0.465 e. The van der Waals surface area contributed by atoms with E-state index in [4.69, 9.17) is 9.47 Å². The molecule has 154 valence electrons. The molecule has 30 heavy (non-hydrogen) atoms. The van der Waals surface area contributed by atoms with E-state index in [0.717, 1.165) is 46.8 Å². The average Bonchev–Trinajstić information content (AvgIpc) is 3.34. The van der Waals surface area contributed by atoms with E-state index in [1.165, 1.54) is 13.2 Å². The van der Waals surface area contributed by atoms with Crippen molar-refractivity contribution in [3.63, 3.8) is 0 Å². The van der Waals surface area contributed by atoms with Crippen LogP contribution in [0.5, 0.6) is 0 Å². The van der Waals surface area contributed by atoms with Crippen LogP contribution in [0.2, 0.25) is 0 Å². The number of nitrogens with zero attached hydrogens (tertiary/aromatic N) is 3. The highest BCUT2D eigenvalue weighted by Crippen LogP contribution is 2.34. The third kappa shape index (κ3) is 3.15. The number of hydrogen-bond acceptors (Lipinski definition) is 4. The maximum absolute atomic E-state index is 14.1. The molecular formula is C23H22FN3O3. The lowest BCUT2D eigenvalue weighted by Gasteiger charge is -2.23. The number of hydrogen-bond donors (Lipinski definition) is 0. The molecule has 1 atom stereocenters. The highest BCUT2D eigenvalue weighted by atomic mass is 19.1. The predicted octanol–water partition coefficient (Wildman–Crippen LogP) is 4.66. The van der Waals surface area contributed by atoms with Gasteiger partial charge in [-0.25, -0.2) is 13.9 Å². The normalized spacial score (nSPS) is 16.9. The Hall–Kier alpha value is -3.19. The molecule has 0 amide bonds. The molecule has 0 N–H and O–H groups in total. The Balaban J connectivity index is 1.60. The van der Waals surface area contributed by atoms with Gasteiger partial charge in [0.25, 0.3) is 0 Å². The highest BCUT2D eigenvalue weighted by Gasteiger charge is 2.23. The zero-order valence-corrected chi connectivity index (χ0v) is 16.7. The number of esters is 1. The fourth-order valence-electron chi connectivity index (χ4n) is 4.23.